The minimum atomic E-state index is 0.0900. The first-order valence-corrected chi connectivity index (χ1v) is 6.66. The van der Waals surface area contributed by atoms with Crippen LogP contribution in [0.3, 0.4) is 0 Å². The van der Waals surface area contributed by atoms with Gasteiger partial charge in [0.05, 0.1) is 12.4 Å². The highest BCUT2D eigenvalue weighted by Crippen LogP contribution is 2.07. The average Bonchev–Trinajstić information content (AvgIpc) is 2.30. The molecule has 0 radical (unpaired) electrons. The van der Waals surface area contributed by atoms with Gasteiger partial charge in [0.15, 0.2) is 0 Å². The molecule has 0 spiro atoms. The van der Waals surface area contributed by atoms with Crippen molar-refractivity contribution in [3.8, 4) is 5.75 Å². The van der Waals surface area contributed by atoms with Crippen LogP contribution in [-0.4, -0.2) is 31.1 Å². The molecule has 0 saturated heterocycles. The Labute approximate surface area is 101 Å². The lowest BCUT2D eigenvalue weighted by molar-refractivity contribution is -0.118. The normalized spacial score (nSPS) is 9.81. The Morgan fingerprint density at radius 2 is 2.12 bits per heavy atom. The number of hydrogen-bond donors (Lipinski definition) is 1. The van der Waals surface area contributed by atoms with E-state index >= 15 is 0 Å². The topological polar surface area (TPSA) is 38.3 Å². The Balaban J connectivity index is 2.02. The standard InChI is InChI=1S/C12H17NO2S/c1-16-10-12(14)13-8-5-9-15-11-6-3-2-4-7-11/h2-4,6-7H,5,8-10H2,1H3,(H,13,14). The Morgan fingerprint density at radius 3 is 2.81 bits per heavy atom. The van der Waals surface area contributed by atoms with E-state index in [0.29, 0.717) is 18.9 Å². The monoisotopic (exact) mass is 239 g/mol. The van der Waals surface area contributed by atoms with Crippen molar-refractivity contribution in [3.63, 3.8) is 0 Å². The molecule has 0 aromatic heterocycles. The zero-order chi connectivity index (χ0) is 11.6. The molecule has 1 amide bonds. The van der Waals surface area contributed by atoms with Gasteiger partial charge in [0, 0.05) is 6.54 Å². The Hall–Kier alpha value is -1.16. The summed E-state index contributed by atoms with van der Waals surface area (Å²) in [5.74, 6) is 1.49. The third-order valence-electron chi connectivity index (χ3n) is 1.93. The Kier molecular flexibility index (Phi) is 6.49. The van der Waals surface area contributed by atoms with Gasteiger partial charge in [0.2, 0.25) is 5.91 Å². The maximum absolute atomic E-state index is 11.1. The molecule has 16 heavy (non-hydrogen) atoms. The number of para-hydroxylation sites is 1. The predicted octanol–water partition coefficient (Wildman–Crippen LogP) is 1.93. The molecule has 1 aromatic rings. The lowest BCUT2D eigenvalue weighted by atomic mass is 10.3. The number of hydrogen-bond acceptors (Lipinski definition) is 3. The van der Waals surface area contributed by atoms with E-state index in [1.807, 2.05) is 36.6 Å². The second-order valence-electron chi connectivity index (χ2n) is 3.30. The van der Waals surface area contributed by atoms with E-state index in [1.54, 1.807) is 0 Å². The van der Waals surface area contributed by atoms with Crippen LogP contribution in [0.2, 0.25) is 0 Å². The maximum Gasteiger partial charge on any atom is 0.229 e. The lowest BCUT2D eigenvalue weighted by Gasteiger charge is -2.06. The zero-order valence-electron chi connectivity index (χ0n) is 9.44. The second-order valence-corrected chi connectivity index (χ2v) is 4.16. The number of benzene rings is 1. The number of carbonyl (C=O) groups excluding carboxylic acids is 1. The first kappa shape index (κ1) is 12.9. The van der Waals surface area contributed by atoms with Gasteiger partial charge in [-0.15, -0.1) is 0 Å². The lowest BCUT2D eigenvalue weighted by Crippen LogP contribution is -2.27. The molecule has 0 aliphatic heterocycles. The van der Waals surface area contributed by atoms with Crippen molar-refractivity contribution in [2.24, 2.45) is 0 Å². The van der Waals surface area contributed by atoms with Gasteiger partial charge in [-0.2, -0.15) is 11.8 Å². The van der Waals surface area contributed by atoms with Gasteiger partial charge in [-0.3, -0.25) is 4.79 Å². The van der Waals surface area contributed by atoms with Crippen molar-refractivity contribution >= 4 is 17.7 Å². The van der Waals surface area contributed by atoms with Gasteiger partial charge in [0.1, 0.15) is 5.75 Å². The van der Waals surface area contributed by atoms with Crippen LogP contribution in [0.5, 0.6) is 5.75 Å². The smallest absolute Gasteiger partial charge is 0.229 e. The number of amides is 1. The van der Waals surface area contributed by atoms with Crippen LogP contribution in [0.15, 0.2) is 30.3 Å². The number of thioether (sulfide) groups is 1. The maximum atomic E-state index is 11.1. The molecule has 0 bridgehead atoms. The third-order valence-corrected chi connectivity index (χ3v) is 2.48. The summed E-state index contributed by atoms with van der Waals surface area (Å²) < 4.78 is 5.49. The fraction of sp³-hybridized carbons (Fsp3) is 0.417. The zero-order valence-corrected chi connectivity index (χ0v) is 10.3. The molecule has 1 rings (SSSR count). The molecule has 0 heterocycles. The van der Waals surface area contributed by atoms with Gasteiger partial charge in [-0.05, 0) is 24.8 Å². The Bertz CT molecular complexity index is 303. The second kappa shape index (κ2) is 8.05. The molecule has 1 aromatic carbocycles. The summed E-state index contributed by atoms with van der Waals surface area (Å²) in [6.07, 6.45) is 2.74. The molecule has 0 aliphatic rings. The number of ether oxygens (including phenoxy) is 1. The van der Waals surface area contributed by atoms with E-state index in [9.17, 15) is 4.79 Å². The summed E-state index contributed by atoms with van der Waals surface area (Å²) in [6.45, 7) is 1.30. The third kappa shape index (κ3) is 5.66. The van der Waals surface area contributed by atoms with E-state index in [0.717, 1.165) is 12.2 Å². The molecule has 0 aliphatic carbocycles. The summed E-state index contributed by atoms with van der Waals surface area (Å²) in [7, 11) is 0. The molecule has 88 valence electrons. The SMILES string of the molecule is CSCC(=O)NCCCOc1ccccc1. The fourth-order valence-corrected chi connectivity index (χ4v) is 1.55. The molecule has 0 atom stereocenters. The van der Waals surface area contributed by atoms with Crippen molar-refractivity contribution < 1.29 is 9.53 Å². The van der Waals surface area contributed by atoms with Crippen LogP contribution in [-0.2, 0) is 4.79 Å². The average molecular weight is 239 g/mol. The predicted molar refractivity (Wildman–Crippen MR) is 67.9 cm³/mol. The number of nitrogens with one attached hydrogen (secondary N) is 1. The van der Waals surface area contributed by atoms with Gasteiger partial charge in [-0.1, -0.05) is 18.2 Å². The van der Waals surface area contributed by atoms with E-state index in [1.165, 1.54) is 11.8 Å². The first-order chi connectivity index (χ1) is 7.83. The highest BCUT2D eigenvalue weighted by atomic mass is 32.2. The highest BCUT2D eigenvalue weighted by molar-refractivity contribution is 7.99. The van der Waals surface area contributed by atoms with Crippen molar-refractivity contribution in [3.05, 3.63) is 30.3 Å². The van der Waals surface area contributed by atoms with E-state index in [4.69, 9.17) is 4.74 Å². The largest absolute Gasteiger partial charge is 0.494 e. The van der Waals surface area contributed by atoms with Crippen LogP contribution in [0.1, 0.15) is 6.42 Å². The molecular weight excluding hydrogens is 222 g/mol. The summed E-state index contributed by atoms with van der Waals surface area (Å²) >= 11 is 1.53. The minimum absolute atomic E-state index is 0.0900. The molecule has 0 unspecified atom stereocenters. The fourth-order valence-electron chi connectivity index (χ4n) is 1.19. The van der Waals surface area contributed by atoms with E-state index < -0.39 is 0 Å². The molecule has 1 N–H and O–H groups in total. The summed E-state index contributed by atoms with van der Waals surface area (Å²) in [5.41, 5.74) is 0. The van der Waals surface area contributed by atoms with Gasteiger partial charge >= 0.3 is 0 Å². The molecule has 0 fully saturated rings. The van der Waals surface area contributed by atoms with Crippen LogP contribution in [0, 0.1) is 0 Å². The summed E-state index contributed by atoms with van der Waals surface area (Å²) in [4.78, 5) is 11.1. The Morgan fingerprint density at radius 1 is 1.38 bits per heavy atom. The van der Waals surface area contributed by atoms with Crippen LogP contribution in [0.25, 0.3) is 0 Å². The number of carbonyl (C=O) groups is 1. The van der Waals surface area contributed by atoms with Gasteiger partial charge < -0.3 is 10.1 Å². The number of rotatable bonds is 7. The summed E-state index contributed by atoms with van der Waals surface area (Å²) in [5, 5.41) is 2.83. The van der Waals surface area contributed by atoms with Crippen molar-refractivity contribution in [1.82, 2.24) is 5.32 Å². The molecule has 3 nitrogen and oxygen atoms in total. The van der Waals surface area contributed by atoms with E-state index in [2.05, 4.69) is 5.32 Å². The highest BCUT2D eigenvalue weighted by Gasteiger charge is 1.98. The van der Waals surface area contributed by atoms with Gasteiger partial charge in [0.25, 0.3) is 0 Å². The van der Waals surface area contributed by atoms with Crippen LogP contribution in [0.4, 0.5) is 0 Å². The minimum Gasteiger partial charge on any atom is -0.494 e. The summed E-state index contributed by atoms with van der Waals surface area (Å²) in [6, 6.07) is 9.68. The molecule has 0 saturated carbocycles. The van der Waals surface area contributed by atoms with Crippen molar-refractivity contribution in [2.45, 2.75) is 6.42 Å². The first-order valence-electron chi connectivity index (χ1n) is 5.26. The van der Waals surface area contributed by atoms with Crippen molar-refractivity contribution in [1.29, 1.82) is 0 Å². The molecular formula is C12H17NO2S. The van der Waals surface area contributed by atoms with Crippen LogP contribution >= 0.6 is 11.8 Å². The quantitative estimate of drug-likeness (QED) is 0.739. The molecule has 4 heteroatoms. The van der Waals surface area contributed by atoms with E-state index in [-0.39, 0.29) is 5.91 Å². The van der Waals surface area contributed by atoms with Gasteiger partial charge in [-0.25, -0.2) is 0 Å². The van der Waals surface area contributed by atoms with Crippen molar-refractivity contribution in [2.75, 3.05) is 25.2 Å². The van der Waals surface area contributed by atoms with Crippen LogP contribution < -0.4 is 10.1 Å².